The summed E-state index contributed by atoms with van der Waals surface area (Å²) in [5.41, 5.74) is -1.13. The summed E-state index contributed by atoms with van der Waals surface area (Å²) in [4.78, 5) is 30.9. The van der Waals surface area contributed by atoms with Gasteiger partial charge in [-0.05, 0) is 18.2 Å². The number of phosphoric ester groups is 1. The minimum atomic E-state index is -4.70. The molecule has 0 bridgehead atoms. The molecule has 3 aromatic rings. The minimum Gasteiger partial charge on any atom is -0.386 e. The molecule has 0 saturated heterocycles. The maximum absolute atomic E-state index is 13.4. The summed E-state index contributed by atoms with van der Waals surface area (Å²) in [6.07, 6.45) is 0. The van der Waals surface area contributed by atoms with Crippen LogP contribution in [0.1, 0.15) is 0 Å². The summed E-state index contributed by atoms with van der Waals surface area (Å²) in [5, 5.41) is 33.0. The normalized spacial score (nSPS) is 10.8. The van der Waals surface area contributed by atoms with Crippen molar-refractivity contribution < 1.29 is 32.9 Å². The molecule has 0 atom stereocenters. The zero-order valence-electron chi connectivity index (χ0n) is 15.8. The molecule has 0 aliphatic rings. The van der Waals surface area contributed by atoms with E-state index in [1.54, 1.807) is 0 Å². The molecule has 13 nitrogen and oxygen atoms in total. The molecular weight excluding hydrogens is 449 g/mol. The third-order valence-corrected chi connectivity index (χ3v) is 5.04. The average molecular weight is 461 g/mol. The molecule has 0 N–H and O–H groups in total. The largest absolute Gasteiger partial charge is 0.647 e. The Morgan fingerprint density at radius 2 is 0.844 bits per heavy atom. The molecule has 0 spiro atoms. The van der Waals surface area contributed by atoms with Crippen molar-refractivity contribution in [3.8, 4) is 17.2 Å². The number of rotatable bonds is 9. The maximum atomic E-state index is 13.4. The summed E-state index contributed by atoms with van der Waals surface area (Å²) in [6.45, 7) is 0. The summed E-state index contributed by atoms with van der Waals surface area (Å²) < 4.78 is 29.2. The van der Waals surface area contributed by atoms with Gasteiger partial charge in [0.05, 0.1) is 33.0 Å². The molecule has 0 aromatic heterocycles. The van der Waals surface area contributed by atoms with Crippen molar-refractivity contribution in [1.29, 1.82) is 0 Å². The molecule has 0 fully saturated rings. The van der Waals surface area contributed by atoms with Crippen molar-refractivity contribution >= 4 is 24.9 Å². The maximum Gasteiger partial charge on any atom is 0.647 e. The third kappa shape index (κ3) is 5.55. The van der Waals surface area contributed by atoms with Gasteiger partial charge in [-0.15, -0.1) is 0 Å². The van der Waals surface area contributed by atoms with Crippen LogP contribution in [0.25, 0.3) is 0 Å². The molecule has 164 valence electrons. The molecule has 0 amide bonds. The first-order chi connectivity index (χ1) is 15.1. The molecule has 14 heteroatoms. The average Bonchev–Trinajstić information content (AvgIpc) is 2.74. The van der Waals surface area contributed by atoms with Crippen molar-refractivity contribution in [3.05, 3.63) is 103 Å². The van der Waals surface area contributed by atoms with Gasteiger partial charge in [0, 0.05) is 18.2 Å². The highest BCUT2D eigenvalue weighted by atomic mass is 31.2. The van der Waals surface area contributed by atoms with Crippen LogP contribution in [0.5, 0.6) is 17.2 Å². The summed E-state index contributed by atoms with van der Waals surface area (Å²) in [7, 11) is -4.70. The van der Waals surface area contributed by atoms with Crippen LogP contribution < -0.4 is 13.6 Å². The lowest BCUT2D eigenvalue weighted by Crippen LogP contribution is -2.08. The second-order valence-corrected chi connectivity index (χ2v) is 7.43. The Morgan fingerprint density at radius 1 is 0.562 bits per heavy atom. The lowest BCUT2D eigenvalue weighted by atomic mass is 10.3. The van der Waals surface area contributed by atoms with Crippen molar-refractivity contribution in [2.24, 2.45) is 0 Å². The van der Waals surface area contributed by atoms with Gasteiger partial charge in [-0.25, -0.2) is 0 Å². The van der Waals surface area contributed by atoms with Gasteiger partial charge in [0.1, 0.15) is 17.2 Å². The van der Waals surface area contributed by atoms with Crippen molar-refractivity contribution in [2.45, 2.75) is 0 Å². The molecule has 0 aliphatic heterocycles. The summed E-state index contributed by atoms with van der Waals surface area (Å²) in [6, 6.07) is 13.9. The van der Waals surface area contributed by atoms with E-state index in [1.807, 2.05) is 0 Å². The van der Waals surface area contributed by atoms with Crippen LogP contribution in [0.2, 0.25) is 0 Å². The van der Waals surface area contributed by atoms with Gasteiger partial charge in [-0.1, -0.05) is 18.2 Å². The van der Waals surface area contributed by atoms with Gasteiger partial charge in [0.2, 0.25) is 0 Å². The van der Waals surface area contributed by atoms with Gasteiger partial charge >= 0.3 is 7.82 Å². The minimum absolute atomic E-state index is 0.265. The van der Waals surface area contributed by atoms with Crippen molar-refractivity contribution in [3.63, 3.8) is 0 Å². The molecule has 0 radical (unpaired) electrons. The number of nitro groups is 3. The second kappa shape index (κ2) is 9.10. The molecule has 32 heavy (non-hydrogen) atoms. The predicted molar refractivity (Wildman–Crippen MR) is 109 cm³/mol. The van der Waals surface area contributed by atoms with E-state index in [4.69, 9.17) is 13.6 Å². The second-order valence-electron chi connectivity index (χ2n) is 5.98. The first-order valence-electron chi connectivity index (χ1n) is 8.57. The molecule has 3 rings (SSSR count). The first kappa shape index (κ1) is 22.2. The van der Waals surface area contributed by atoms with E-state index in [-0.39, 0.29) is 34.3 Å². The fourth-order valence-electron chi connectivity index (χ4n) is 2.40. The Kier molecular flexibility index (Phi) is 6.31. The van der Waals surface area contributed by atoms with E-state index in [0.29, 0.717) is 0 Å². The number of non-ortho nitro benzene ring substituents is 3. The standard InChI is InChI=1S/C18H12N3O10P/c22-19(23)13-4-1-7-16(10-13)29-32(28,30-17-8-2-5-14(11-17)20(24)25)31-18-9-3-6-15(12-18)21(26)27/h1-12H. The highest BCUT2D eigenvalue weighted by Crippen LogP contribution is 2.50. The zero-order chi connectivity index (χ0) is 23.3. The Hall–Kier alpha value is -4.51. The number of nitro benzene ring substituents is 3. The van der Waals surface area contributed by atoms with Crippen molar-refractivity contribution in [1.82, 2.24) is 0 Å². The Bertz CT molecular complexity index is 1100. The van der Waals surface area contributed by atoms with Crippen LogP contribution in [0.4, 0.5) is 17.1 Å². The van der Waals surface area contributed by atoms with E-state index >= 15 is 0 Å². The number of benzene rings is 3. The number of phosphoric acid groups is 1. The van der Waals surface area contributed by atoms with Crippen LogP contribution in [-0.2, 0) is 4.57 Å². The van der Waals surface area contributed by atoms with E-state index in [2.05, 4.69) is 0 Å². The first-order valence-corrected chi connectivity index (χ1v) is 10.0. The Morgan fingerprint density at radius 3 is 1.09 bits per heavy atom. The van der Waals surface area contributed by atoms with E-state index in [9.17, 15) is 34.9 Å². The van der Waals surface area contributed by atoms with Crippen LogP contribution >= 0.6 is 7.82 Å². The number of nitrogens with zero attached hydrogens (tertiary/aromatic N) is 3. The topological polar surface area (TPSA) is 174 Å². The van der Waals surface area contributed by atoms with Gasteiger partial charge in [0.15, 0.2) is 0 Å². The Balaban J connectivity index is 1.99. The summed E-state index contributed by atoms with van der Waals surface area (Å²) in [5.74, 6) is -0.796. The lowest BCUT2D eigenvalue weighted by Gasteiger charge is -2.19. The fourth-order valence-corrected chi connectivity index (χ4v) is 3.63. The van der Waals surface area contributed by atoms with Crippen LogP contribution in [0, 0.1) is 30.3 Å². The van der Waals surface area contributed by atoms with Gasteiger partial charge in [-0.3, -0.25) is 30.3 Å². The van der Waals surface area contributed by atoms with Crippen LogP contribution in [0.15, 0.2) is 72.8 Å². The quantitative estimate of drug-likeness (QED) is 0.238. The van der Waals surface area contributed by atoms with E-state index in [0.717, 1.165) is 18.2 Å². The van der Waals surface area contributed by atoms with Gasteiger partial charge in [0.25, 0.3) is 17.1 Å². The highest BCUT2D eigenvalue weighted by molar-refractivity contribution is 7.49. The molecule has 0 unspecified atom stereocenters. The van der Waals surface area contributed by atoms with Gasteiger partial charge < -0.3 is 13.6 Å². The Labute approximate surface area is 178 Å². The van der Waals surface area contributed by atoms with E-state index in [1.165, 1.54) is 54.6 Å². The SMILES string of the molecule is O=[N+]([O-])c1cccc(OP(=O)(Oc2cccc([N+](=O)[O-])c2)Oc2cccc([N+](=O)[O-])c2)c1. The predicted octanol–water partition coefficient (Wildman–Crippen LogP) is 5.06. The third-order valence-electron chi connectivity index (χ3n) is 3.74. The highest BCUT2D eigenvalue weighted by Gasteiger charge is 2.34. The van der Waals surface area contributed by atoms with Gasteiger partial charge in [-0.2, -0.15) is 4.57 Å². The number of hydrogen-bond acceptors (Lipinski definition) is 10. The van der Waals surface area contributed by atoms with E-state index < -0.39 is 22.6 Å². The smallest absolute Gasteiger partial charge is 0.386 e. The zero-order valence-corrected chi connectivity index (χ0v) is 16.7. The molecular formula is C18H12N3O10P. The van der Waals surface area contributed by atoms with Crippen LogP contribution in [-0.4, -0.2) is 14.8 Å². The van der Waals surface area contributed by atoms with Crippen molar-refractivity contribution in [2.75, 3.05) is 0 Å². The molecule has 0 saturated carbocycles. The van der Waals surface area contributed by atoms with Crippen LogP contribution in [0.3, 0.4) is 0 Å². The monoisotopic (exact) mass is 461 g/mol. The lowest BCUT2D eigenvalue weighted by molar-refractivity contribution is -0.385. The number of hydrogen-bond donors (Lipinski definition) is 0. The molecule has 3 aromatic carbocycles. The fraction of sp³-hybridized carbons (Fsp3) is 0. The summed E-state index contributed by atoms with van der Waals surface area (Å²) >= 11 is 0. The molecule has 0 aliphatic carbocycles. The molecule has 0 heterocycles.